The van der Waals surface area contributed by atoms with E-state index in [2.05, 4.69) is 26.3 Å². The van der Waals surface area contributed by atoms with E-state index in [0.29, 0.717) is 30.7 Å². The van der Waals surface area contributed by atoms with Crippen molar-refractivity contribution in [3.63, 3.8) is 0 Å². The summed E-state index contributed by atoms with van der Waals surface area (Å²) >= 11 is 0. The predicted molar refractivity (Wildman–Crippen MR) is 115 cm³/mol. The average molecular weight is 408 g/mol. The highest BCUT2D eigenvalue weighted by Gasteiger charge is 2.19. The highest BCUT2D eigenvalue weighted by Crippen LogP contribution is 2.35. The van der Waals surface area contributed by atoms with Crippen LogP contribution in [0.5, 0.6) is 11.5 Å². The minimum Gasteiger partial charge on any atom is -0.493 e. The van der Waals surface area contributed by atoms with Crippen molar-refractivity contribution in [1.82, 2.24) is 9.97 Å². The quantitative estimate of drug-likeness (QED) is 0.694. The molecule has 156 valence electrons. The normalized spacial score (nSPS) is 13.9. The minimum absolute atomic E-state index is 0.204. The molecule has 0 atom stereocenters. The smallest absolute Gasteiger partial charge is 0.231 e. The van der Waals surface area contributed by atoms with Crippen molar-refractivity contribution in [2.24, 2.45) is 0 Å². The maximum absolute atomic E-state index is 11.5. The third kappa shape index (κ3) is 3.99. The Morgan fingerprint density at radius 2 is 1.70 bits per heavy atom. The molecule has 0 aliphatic carbocycles. The Labute approximate surface area is 174 Å². The van der Waals surface area contributed by atoms with Crippen LogP contribution in [0.2, 0.25) is 0 Å². The second-order valence-corrected chi connectivity index (χ2v) is 6.95. The number of rotatable bonds is 5. The van der Waals surface area contributed by atoms with Crippen molar-refractivity contribution < 1.29 is 19.0 Å². The first kappa shape index (κ1) is 19.9. The van der Waals surface area contributed by atoms with Gasteiger partial charge in [-0.3, -0.25) is 10.1 Å². The molecule has 1 N–H and O–H groups in total. The molecule has 30 heavy (non-hydrogen) atoms. The van der Waals surface area contributed by atoms with Crippen LogP contribution in [-0.2, 0) is 9.53 Å². The van der Waals surface area contributed by atoms with Gasteiger partial charge in [-0.25, -0.2) is 4.98 Å². The van der Waals surface area contributed by atoms with E-state index < -0.39 is 0 Å². The van der Waals surface area contributed by atoms with Crippen molar-refractivity contribution >= 4 is 28.6 Å². The number of amides is 1. The summed E-state index contributed by atoms with van der Waals surface area (Å²) in [6.45, 7) is 4.17. The molecule has 8 heteroatoms. The molecule has 0 spiro atoms. The van der Waals surface area contributed by atoms with Gasteiger partial charge in [0.1, 0.15) is 5.82 Å². The topological polar surface area (TPSA) is 85.8 Å². The molecule has 3 aromatic rings. The number of nitrogens with one attached hydrogen (secondary N) is 1. The molecular formula is C22H24N4O4. The van der Waals surface area contributed by atoms with Crippen LogP contribution in [0.4, 0.5) is 11.8 Å². The molecule has 1 fully saturated rings. The number of fused-ring (bicyclic) bond motifs is 1. The fourth-order valence-corrected chi connectivity index (χ4v) is 3.54. The Morgan fingerprint density at radius 1 is 1.00 bits per heavy atom. The molecule has 0 unspecified atom stereocenters. The van der Waals surface area contributed by atoms with Crippen molar-refractivity contribution in [2.75, 3.05) is 50.7 Å². The van der Waals surface area contributed by atoms with E-state index in [-0.39, 0.29) is 5.91 Å². The number of methoxy groups -OCH3 is 2. The van der Waals surface area contributed by atoms with Crippen LogP contribution in [0.25, 0.3) is 22.0 Å². The van der Waals surface area contributed by atoms with Crippen molar-refractivity contribution in [1.29, 1.82) is 0 Å². The van der Waals surface area contributed by atoms with Gasteiger partial charge in [-0.05, 0) is 35.4 Å². The molecule has 8 nitrogen and oxygen atoms in total. The number of anilines is 2. The van der Waals surface area contributed by atoms with E-state index in [9.17, 15) is 4.79 Å². The summed E-state index contributed by atoms with van der Waals surface area (Å²) in [5, 5.41) is 3.62. The van der Waals surface area contributed by atoms with Crippen LogP contribution in [0.15, 0.2) is 36.4 Å². The van der Waals surface area contributed by atoms with Crippen LogP contribution in [0.1, 0.15) is 6.92 Å². The zero-order chi connectivity index (χ0) is 21.1. The lowest BCUT2D eigenvalue weighted by Gasteiger charge is -2.29. The van der Waals surface area contributed by atoms with Gasteiger partial charge < -0.3 is 19.1 Å². The summed E-state index contributed by atoms with van der Waals surface area (Å²) in [6.07, 6.45) is 0. The Hall–Kier alpha value is -3.39. The monoisotopic (exact) mass is 408 g/mol. The summed E-state index contributed by atoms with van der Waals surface area (Å²) in [7, 11) is 3.24. The van der Waals surface area contributed by atoms with Crippen molar-refractivity contribution in [3.8, 4) is 22.6 Å². The molecule has 1 amide bonds. The summed E-state index contributed by atoms with van der Waals surface area (Å²) < 4.78 is 16.3. The highest BCUT2D eigenvalue weighted by molar-refractivity contribution is 5.95. The van der Waals surface area contributed by atoms with Gasteiger partial charge in [0.25, 0.3) is 0 Å². The third-order valence-electron chi connectivity index (χ3n) is 4.99. The average Bonchev–Trinajstić information content (AvgIpc) is 2.78. The number of benzene rings is 2. The number of morpholine rings is 1. The van der Waals surface area contributed by atoms with Crippen molar-refractivity contribution in [2.45, 2.75) is 6.92 Å². The van der Waals surface area contributed by atoms with Crippen molar-refractivity contribution in [3.05, 3.63) is 36.4 Å². The predicted octanol–water partition coefficient (Wildman–Crippen LogP) is 3.11. The van der Waals surface area contributed by atoms with Gasteiger partial charge in [-0.2, -0.15) is 4.98 Å². The van der Waals surface area contributed by atoms with Crippen LogP contribution in [0.3, 0.4) is 0 Å². The van der Waals surface area contributed by atoms with Gasteiger partial charge in [0, 0.05) is 25.4 Å². The third-order valence-corrected chi connectivity index (χ3v) is 4.99. The van der Waals surface area contributed by atoms with E-state index in [0.717, 1.165) is 40.9 Å². The van der Waals surface area contributed by atoms with Gasteiger partial charge in [0.15, 0.2) is 11.5 Å². The molecule has 1 saturated heterocycles. The summed E-state index contributed by atoms with van der Waals surface area (Å²) in [5.41, 5.74) is 2.77. The molecule has 1 aromatic heterocycles. The lowest BCUT2D eigenvalue weighted by Crippen LogP contribution is -2.37. The molecule has 4 rings (SSSR count). The Morgan fingerprint density at radius 3 is 2.40 bits per heavy atom. The number of carbonyl (C=O) groups excluding carboxylic acids is 1. The Balaban J connectivity index is 1.83. The van der Waals surface area contributed by atoms with E-state index in [4.69, 9.17) is 14.2 Å². The number of carbonyl (C=O) groups is 1. The molecule has 1 aliphatic heterocycles. The van der Waals surface area contributed by atoms with Gasteiger partial charge in [-0.1, -0.05) is 12.1 Å². The standard InChI is InChI=1S/C22H24N4O4/c1-14(27)23-22-24-18-6-4-15(16-5-7-19(28-2)20(13-16)29-3)12-17(18)21(25-22)26-8-10-30-11-9-26/h4-7,12-13H,8-11H2,1-3H3,(H,23,24,25,27). The van der Waals surface area contributed by atoms with E-state index in [1.807, 2.05) is 30.3 Å². The van der Waals surface area contributed by atoms with Gasteiger partial charge >= 0.3 is 0 Å². The largest absolute Gasteiger partial charge is 0.493 e. The molecule has 2 aromatic carbocycles. The van der Waals surface area contributed by atoms with E-state index in [1.54, 1.807) is 14.2 Å². The fraction of sp³-hybridized carbons (Fsp3) is 0.318. The maximum Gasteiger partial charge on any atom is 0.231 e. The van der Waals surface area contributed by atoms with E-state index >= 15 is 0 Å². The molecule has 1 aliphatic rings. The number of aromatic nitrogens is 2. The summed E-state index contributed by atoms with van der Waals surface area (Å²) in [4.78, 5) is 22.9. The lowest BCUT2D eigenvalue weighted by molar-refractivity contribution is -0.114. The highest BCUT2D eigenvalue weighted by atomic mass is 16.5. The van der Waals surface area contributed by atoms with Crippen LogP contribution < -0.4 is 19.7 Å². The second-order valence-electron chi connectivity index (χ2n) is 6.95. The van der Waals surface area contributed by atoms with Gasteiger partial charge in [0.05, 0.1) is 33.0 Å². The molecular weight excluding hydrogens is 384 g/mol. The number of hydrogen-bond donors (Lipinski definition) is 1. The molecule has 0 saturated carbocycles. The zero-order valence-electron chi connectivity index (χ0n) is 17.3. The minimum atomic E-state index is -0.204. The van der Waals surface area contributed by atoms with Crippen LogP contribution >= 0.6 is 0 Å². The number of ether oxygens (including phenoxy) is 3. The second kappa shape index (κ2) is 8.54. The Bertz CT molecular complexity index is 1080. The summed E-state index contributed by atoms with van der Waals surface area (Å²) in [6, 6.07) is 11.8. The summed E-state index contributed by atoms with van der Waals surface area (Å²) in [5.74, 6) is 2.23. The first-order valence-corrected chi connectivity index (χ1v) is 9.73. The maximum atomic E-state index is 11.5. The molecule has 2 heterocycles. The van der Waals surface area contributed by atoms with Crippen LogP contribution in [-0.4, -0.2) is 56.4 Å². The molecule has 0 bridgehead atoms. The zero-order valence-corrected chi connectivity index (χ0v) is 17.3. The lowest BCUT2D eigenvalue weighted by atomic mass is 10.0. The SMILES string of the molecule is COc1ccc(-c2ccc3nc(NC(C)=O)nc(N4CCOCC4)c3c2)cc1OC. The van der Waals surface area contributed by atoms with Gasteiger partial charge in [-0.15, -0.1) is 0 Å². The fourth-order valence-electron chi connectivity index (χ4n) is 3.54. The number of hydrogen-bond acceptors (Lipinski definition) is 7. The number of nitrogens with zero attached hydrogens (tertiary/aromatic N) is 3. The first-order chi connectivity index (χ1) is 14.6. The van der Waals surface area contributed by atoms with Crippen LogP contribution in [0, 0.1) is 0 Å². The Kier molecular flexibility index (Phi) is 5.67. The molecule has 0 radical (unpaired) electrons. The van der Waals surface area contributed by atoms with E-state index in [1.165, 1.54) is 6.92 Å². The first-order valence-electron chi connectivity index (χ1n) is 9.73. The van der Waals surface area contributed by atoms with Gasteiger partial charge in [0.2, 0.25) is 11.9 Å².